The highest BCUT2D eigenvalue weighted by Crippen LogP contribution is 2.37. The summed E-state index contributed by atoms with van der Waals surface area (Å²) in [6.45, 7) is 6.09. The standard InChI is InChI=1S/C15H23NO3/c1-4-11-10(2)8-12(19-11)14(18)16-13-6-5-7-15(13,3)9-17/h8,13,17H,4-7,9H2,1-3H3,(H,16,18). The van der Waals surface area contributed by atoms with E-state index in [9.17, 15) is 9.90 Å². The first kappa shape index (κ1) is 14.1. The van der Waals surface area contributed by atoms with Crippen LogP contribution >= 0.6 is 0 Å². The maximum Gasteiger partial charge on any atom is 0.287 e. The summed E-state index contributed by atoms with van der Waals surface area (Å²) in [6.07, 6.45) is 3.70. The van der Waals surface area contributed by atoms with E-state index < -0.39 is 0 Å². The van der Waals surface area contributed by atoms with Crippen LogP contribution in [-0.2, 0) is 6.42 Å². The average molecular weight is 265 g/mol. The predicted octanol–water partition coefficient (Wildman–Crippen LogP) is 2.43. The molecule has 1 aliphatic carbocycles. The molecule has 1 amide bonds. The molecule has 1 fully saturated rings. The number of carbonyl (C=O) groups is 1. The fraction of sp³-hybridized carbons (Fsp3) is 0.667. The molecule has 1 heterocycles. The van der Waals surface area contributed by atoms with Gasteiger partial charge in [-0.05, 0) is 31.4 Å². The van der Waals surface area contributed by atoms with Gasteiger partial charge in [0.05, 0.1) is 6.61 Å². The largest absolute Gasteiger partial charge is 0.456 e. The number of amides is 1. The highest BCUT2D eigenvalue weighted by molar-refractivity contribution is 5.92. The molecular weight excluding hydrogens is 242 g/mol. The second kappa shape index (κ2) is 5.37. The molecule has 0 aliphatic heterocycles. The van der Waals surface area contributed by atoms with Gasteiger partial charge in [0.2, 0.25) is 0 Å². The highest BCUT2D eigenvalue weighted by Gasteiger charge is 2.39. The summed E-state index contributed by atoms with van der Waals surface area (Å²) in [5, 5.41) is 12.5. The summed E-state index contributed by atoms with van der Waals surface area (Å²) in [4.78, 5) is 12.2. The lowest BCUT2D eigenvalue weighted by Crippen LogP contribution is -2.44. The van der Waals surface area contributed by atoms with Crippen molar-refractivity contribution in [1.29, 1.82) is 0 Å². The van der Waals surface area contributed by atoms with Crippen LogP contribution in [0.3, 0.4) is 0 Å². The van der Waals surface area contributed by atoms with Crippen molar-refractivity contribution < 1.29 is 14.3 Å². The van der Waals surface area contributed by atoms with Gasteiger partial charge in [-0.15, -0.1) is 0 Å². The second-order valence-corrected chi connectivity index (χ2v) is 5.80. The van der Waals surface area contributed by atoms with Gasteiger partial charge in [0.1, 0.15) is 5.76 Å². The number of aliphatic hydroxyl groups is 1. The molecule has 1 aliphatic rings. The summed E-state index contributed by atoms with van der Waals surface area (Å²) < 4.78 is 5.56. The molecule has 1 aromatic rings. The van der Waals surface area contributed by atoms with Crippen LogP contribution in [0.2, 0.25) is 0 Å². The van der Waals surface area contributed by atoms with E-state index in [4.69, 9.17) is 4.42 Å². The number of hydrogen-bond donors (Lipinski definition) is 2. The van der Waals surface area contributed by atoms with Crippen LogP contribution in [0.25, 0.3) is 0 Å². The third-order valence-electron chi connectivity index (χ3n) is 4.31. The van der Waals surface area contributed by atoms with Crippen molar-refractivity contribution >= 4 is 5.91 Å². The number of aryl methyl sites for hydroxylation is 2. The monoisotopic (exact) mass is 265 g/mol. The number of carbonyl (C=O) groups excluding carboxylic acids is 1. The SMILES string of the molecule is CCc1oc(C(=O)NC2CCCC2(C)CO)cc1C. The highest BCUT2D eigenvalue weighted by atomic mass is 16.4. The van der Waals surface area contributed by atoms with Crippen molar-refractivity contribution in [2.45, 2.75) is 52.5 Å². The second-order valence-electron chi connectivity index (χ2n) is 5.80. The average Bonchev–Trinajstić information content (AvgIpc) is 2.94. The molecular formula is C15H23NO3. The Morgan fingerprint density at radius 3 is 2.95 bits per heavy atom. The van der Waals surface area contributed by atoms with Crippen LogP contribution in [0.4, 0.5) is 0 Å². The third kappa shape index (κ3) is 2.68. The lowest BCUT2D eigenvalue weighted by molar-refractivity contribution is 0.0804. The number of rotatable bonds is 4. The number of hydrogen-bond acceptors (Lipinski definition) is 3. The molecule has 0 spiro atoms. The van der Waals surface area contributed by atoms with Crippen molar-refractivity contribution in [3.05, 3.63) is 23.2 Å². The zero-order chi connectivity index (χ0) is 14.0. The fourth-order valence-electron chi connectivity index (χ4n) is 2.88. The Morgan fingerprint density at radius 1 is 1.63 bits per heavy atom. The minimum Gasteiger partial charge on any atom is -0.456 e. The molecule has 0 radical (unpaired) electrons. The van der Waals surface area contributed by atoms with Gasteiger partial charge in [-0.2, -0.15) is 0 Å². The fourth-order valence-corrected chi connectivity index (χ4v) is 2.88. The molecule has 0 saturated heterocycles. The normalized spacial score (nSPS) is 26.6. The molecule has 2 N–H and O–H groups in total. The van der Waals surface area contributed by atoms with E-state index in [0.717, 1.165) is 37.0 Å². The van der Waals surface area contributed by atoms with Gasteiger partial charge in [-0.3, -0.25) is 4.79 Å². The minimum absolute atomic E-state index is 0.0282. The smallest absolute Gasteiger partial charge is 0.287 e. The number of nitrogens with one attached hydrogen (secondary N) is 1. The molecule has 4 heteroatoms. The summed E-state index contributed by atoms with van der Waals surface area (Å²) in [6, 6.07) is 1.82. The molecule has 19 heavy (non-hydrogen) atoms. The molecule has 2 atom stereocenters. The third-order valence-corrected chi connectivity index (χ3v) is 4.31. The first-order valence-electron chi connectivity index (χ1n) is 7.01. The van der Waals surface area contributed by atoms with Crippen molar-refractivity contribution in [2.75, 3.05) is 6.61 Å². The topological polar surface area (TPSA) is 62.5 Å². The Balaban J connectivity index is 2.08. The molecule has 2 unspecified atom stereocenters. The summed E-state index contributed by atoms with van der Waals surface area (Å²) in [7, 11) is 0. The van der Waals surface area contributed by atoms with E-state index in [1.807, 2.05) is 20.8 Å². The zero-order valence-corrected chi connectivity index (χ0v) is 12.0. The van der Waals surface area contributed by atoms with Gasteiger partial charge in [0, 0.05) is 17.9 Å². The van der Waals surface area contributed by atoms with E-state index in [-0.39, 0.29) is 24.0 Å². The van der Waals surface area contributed by atoms with Gasteiger partial charge >= 0.3 is 0 Å². The summed E-state index contributed by atoms with van der Waals surface area (Å²) >= 11 is 0. The Hall–Kier alpha value is -1.29. The maximum atomic E-state index is 12.2. The van der Waals surface area contributed by atoms with E-state index in [0.29, 0.717) is 5.76 Å². The summed E-state index contributed by atoms with van der Waals surface area (Å²) in [5.41, 5.74) is 0.814. The molecule has 0 bridgehead atoms. The molecule has 106 valence electrons. The van der Waals surface area contributed by atoms with Crippen LogP contribution in [0.5, 0.6) is 0 Å². The molecule has 4 nitrogen and oxygen atoms in total. The molecule has 2 rings (SSSR count). The zero-order valence-electron chi connectivity index (χ0n) is 12.0. The lowest BCUT2D eigenvalue weighted by atomic mass is 9.86. The van der Waals surface area contributed by atoms with Crippen molar-refractivity contribution in [2.24, 2.45) is 5.41 Å². The van der Waals surface area contributed by atoms with Gasteiger partial charge in [-0.1, -0.05) is 20.3 Å². The van der Waals surface area contributed by atoms with Gasteiger partial charge in [0.25, 0.3) is 5.91 Å². The lowest BCUT2D eigenvalue weighted by Gasteiger charge is -2.29. The Kier molecular flexibility index (Phi) is 3.99. The van der Waals surface area contributed by atoms with E-state index in [2.05, 4.69) is 5.32 Å². The van der Waals surface area contributed by atoms with Crippen LogP contribution in [-0.4, -0.2) is 23.7 Å². The van der Waals surface area contributed by atoms with E-state index in [1.165, 1.54) is 0 Å². The molecule has 0 aromatic carbocycles. The van der Waals surface area contributed by atoms with Crippen molar-refractivity contribution in [3.8, 4) is 0 Å². The van der Waals surface area contributed by atoms with Gasteiger partial charge in [-0.25, -0.2) is 0 Å². The Morgan fingerprint density at radius 2 is 2.37 bits per heavy atom. The van der Waals surface area contributed by atoms with Crippen LogP contribution in [0, 0.1) is 12.3 Å². The predicted molar refractivity (Wildman–Crippen MR) is 73.1 cm³/mol. The number of furan rings is 1. The molecule has 1 saturated carbocycles. The first-order valence-corrected chi connectivity index (χ1v) is 7.01. The maximum absolute atomic E-state index is 12.2. The van der Waals surface area contributed by atoms with Crippen LogP contribution in [0.1, 0.15) is 55.0 Å². The number of aliphatic hydroxyl groups excluding tert-OH is 1. The van der Waals surface area contributed by atoms with Gasteiger partial charge in [0.15, 0.2) is 5.76 Å². The quantitative estimate of drug-likeness (QED) is 0.879. The van der Waals surface area contributed by atoms with Crippen LogP contribution in [0.15, 0.2) is 10.5 Å². The Labute approximate surface area is 114 Å². The van der Waals surface area contributed by atoms with Crippen molar-refractivity contribution in [1.82, 2.24) is 5.32 Å². The van der Waals surface area contributed by atoms with E-state index >= 15 is 0 Å². The summed E-state index contributed by atoms with van der Waals surface area (Å²) in [5.74, 6) is 1.07. The minimum atomic E-state index is -0.203. The van der Waals surface area contributed by atoms with Crippen LogP contribution < -0.4 is 5.32 Å². The molecule has 1 aromatic heterocycles. The first-order chi connectivity index (χ1) is 9.00. The van der Waals surface area contributed by atoms with E-state index in [1.54, 1.807) is 6.07 Å². The Bertz CT molecular complexity index is 466. The van der Waals surface area contributed by atoms with Gasteiger partial charge < -0.3 is 14.8 Å². The van der Waals surface area contributed by atoms with Crippen molar-refractivity contribution in [3.63, 3.8) is 0 Å².